The number of rotatable bonds is 4. The largest absolute Gasteiger partial charge is 0.387 e. The molecule has 1 atom stereocenters. The van der Waals surface area contributed by atoms with Crippen molar-refractivity contribution in [1.82, 2.24) is 25.2 Å². The van der Waals surface area contributed by atoms with E-state index in [1.54, 1.807) is 0 Å². The van der Waals surface area contributed by atoms with E-state index in [0.29, 0.717) is 19.6 Å². The number of aliphatic hydroxyl groups is 1. The van der Waals surface area contributed by atoms with Gasteiger partial charge in [0.2, 0.25) is 0 Å². The van der Waals surface area contributed by atoms with Crippen molar-refractivity contribution in [1.29, 1.82) is 0 Å². The lowest BCUT2D eigenvalue weighted by Gasteiger charge is -2.32. The van der Waals surface area contributed by atoms with E-state index >= 15 is 0 Å². The first-order valence-electron chi connectivity index (χ1n) is 6.69. The summed E-state index contributed by atoms with van der Waals surface area (Å²) in [5.74, 6) is 0.864. The first kappa shape index (κ1) is 12.5. The average Bonchev–Trinajstić information content (AvgIpc) is 2.83. The summed E-state index contributed by atoms with van der Waals surface area (Å²) in [5, 5.41) is 25.1. The minimum Gasteiger partial charge on any atom is -0.387 e. The lowest BCUT2D eigenvalue weighted by Crippen LogP contribution is -2.51. The van der Waals surface area contributed by atoms with Gasteiger partial charge in [0.15, 0.2) is 11.5 Å². The van der Waals surface area contributed by atoms with E-state index in [1.165, 1.54) is 0 Å². The highest BCUT2D eigenvalue weighted by Crippen LogP contribution is 2.14. The van der Waals surface area contributed by atoms with Crippen molar-refractivity contribution in [2.75, 3.05) is 19.6 Å². The summed E-state index contributed by atoms with van der Waals surface area (Å²) in [6.45, 7) is 2.83. The zero-order valence-corrected chi connectivity index (χ0v) is 10.8. The van der Waals surface area contributed by atoms with Crippen molar-refractivity contribution in [2.45, 2.75) is 25.0 Å². The molecule has 2 aromatic heterocycles. The van der Waals surface area contributed by atoms with Crippen molar-refractivity contribution in [3.63, 3.8) is 0 Å². The molecule has 6 nitrogen and oxygen atoms in total. The molecule has 1 aliphatic rings. The van der Waals surface area contributed by atoms with Gasteiger partial charge in [-0.3, -0.25) is 4.40 Å². The second-order valence-corrected chi connectivity index (χ2v) is 5.15. The number of hydrogen-bond acceptors (Lipinski definition) is 5. The fraction of sp³-hybridized carbons (Fsp3) is 0.538. The number of β-amino-alcohol motifs (C(OH)–C–C–N with tert-alkyl or cyclic N) is 1. The van der Waals surface area contributed by atoms with Crippen LogP contribution in [0.25, 0.3) is 5.65 Å². The molecule has 0 aliphatic carbocycles. The molecule has 102 valence electrons. The molecule has 0 saturated carbocycles. The Morgan fingerprint density at radius 1 is 1.42 bits per heavy atom. The first-order chi connectivity index (χ1) is 9.27. The fourth-order valence-corrected chi connectivity index (χ4v) is 2.52. The Balaban J connectivity index is 1.60. The highest BCUT2D eigenvalue weighted by atomic mass is 16.3. The third-order valence-corrected chi connectivity index (χ3v) is 3.57. The standard InChI is InChI=1S/C13H19N5O/c19-13(5-3-6-14-9-13)10-15-8-12-17-16-11-4-1-2-7-18(11)12/h1-2,4,7,14-15,19H,3,5-6,8-10H2. The van der Waals surface area contributed by atoms with Gasteiger partial charge in [-0.25, -0.2) is 0 Å². The SMILES string of the molecule is OC1(CNCc2nnc3ccccn23)CCCNC1. The minimum atomic E-state index is -0.640. The summed E-state index contributed by atoms with van der Waals surface area (Å²) in [4.78, 5) is 0. The van der Waals surface area contributed by atoms with Gasteiger partial charge in [0.25, 0.3) is 0 Å². The van der Waals surface area contributed by atoms with Crippen LogP contribution >= 0.6 is 0 Å². The van der Waals surface area contributed by atoms with Gasteiger partial charge >= 0.3 is 0 Å². The lowest BCUT2D eigenvalue weighted by molar-refractivity contribution is 0.0167. The normalized spacial score (nSPS) is 23.8. The molecule has 0 spiro atoms. The van der Waals surface area contributed by atoms with Gasteiger partial charge < -0.3 is 15.7 Å². The molecule has 0 radical (unpaired) electrons. The number of nitrogens with one attached hydrogen (secondary N) is 2. The van der Waals surface area contributed by atoms with Gasteiger partial charge in [-0.2, -0.15) is 0 Å². The zero-order valence-electron chi connectivity index (χ0n) is 10.8. The number of hydrogen-bond donors (Lipinski definition) is 3. The maximum Gasteiger partial charge on any atom is 0.160 e. The summed E-state index contributed by atoms with van der Waals surface area (Å²) in [7, 11) is 0. The van der Waals surface area contributed by atoms with Gasteiger partial charge in [0.1, 0.15) is 0 Å². The van der Waals surface area contributed by atoms with E-state index in [9.17, 15) is 5.11 Å². The fourth-order valence-electron chi connectivity index (χ4n) is 2.52. The van der Waals surface area contributed by atoms with E-state index in [4.69, 9.17) is 0 Å². The van der Waals surface area contributed by atoms with E-state index in [1.807, 2.05) is 28.8 Å². The van der Waals surface area contributed by atoms with Crippen LogP contribution < -0.4 is 10.6 Å². The first-order valence-corrected chi connectivity index (χ1v) is 6.69. The molecule has 3 rings (SSSR count). The van der Waals surface area contributed by atoms with Crippen molar-refractivity contribution in [2.24, 2.45) is 0 Å². The molecular weight excluding hydrogens is 242 g/mol. The van der Waals surface area contributed by atoms with Gasteiger partial charge in [0, 0.05) is 19.3 Å². The van der Waals surface area contributed by atoms with Crippen LogP contribution in [0.2, 0.25) is 0 Å². The smallest absolute Gasteiger partial charge is 0.160 e. The second-order valence-electron chi connectivity index (χ2n) is 5.15. The van der Waals surface area contributed by atoms with Crippen molar-refractivity contribution in [3.05, 3.63) is 30.2 Å². The van der Waals surface area contributed by atoms with Gasteiger partial charge in [0.05, 0.1) is 12.1 Å². The maximum atomic E-state index is 10.3. The zero-order chi connectivity index (χ0) is 13.1. The minimum absolute atomic E-state index is 0.571. The van der Waals surface area contributed by atoms with E-state index < -0.39 is 5.60 Å². The number of nitrogens with zero attached hydrogens (tertiary/aromatic N) is 3. The number of aromatic nitrogens is 3. The van der Waals surface area contributed by atoms with E-state index in [-0.39, 0.29) is 0 Å². The molecule has 1 aliphatic heterocycles. The summed E-state index contributed by atoms with van der Waals surface area (Å²) in [6.07, 6.45) is 3.81. The molecule has 0 amide bonds. The molecule has 3 heterocycles. The topological polar surface area (TPSA) is 74.5 Å². The van der Waals surface area contributed by atoms with Crippen molar-refractivity contribution >= 4 is 5.65 Å². The van der Waals surface area contributed by atoms with Crippen LogP contribution in [-0.2, 0) is 6.54 Å². The number of piperidine rings is 1. The van der Waals surface area contributed by atoms with Gasteiger partial charge in [-0.15, -0.1) is 10.2 Å². The van der Waals surface area contributed by atoms with E-state index in [0.717, 1.165) is 30.9 Å². The Hall–Kier alpha value is -1.50. The highest BCUT2D eigenvalue weighted by molar-refractivity contribution is 5.36. The van der Waals surface area contributed by atoms with Crippen molar-refractivity contribution in [3.8, 4) is 0 Å². The molecule has 3 N–H and O–H groups in total. The van der Waals surface area contributed by atoms with Crippen LogP contribution in [0, 0.1) is 0 Å². The van der Waals surface area contributed by atoms with Crippen LogP contribution in [0.5, 0.6) is 0 Å². The third kappa shape index (κ3) is 2.75. The average molecular weight is 261 g/mol. The van der Waals surface area contributed by atoms with Crippen LogP contribution in [-0.4, -0.2) is 44.9 Å². The van der Waals surface area contributed by atoms with Crippen LogP contribution in [0.4, 0.5) is 0 Å². The maximum absolute atomic E-state index is 10.3. The number of pyridine rings is 1. The highest BCUT2D eigenvalue weighted by Gasteiger charge is 2.28. The summed E-state index contributed by atoms with van der Waals surface area (Å²) in [6, 6.07) is 5.82. The van der Waals surface area contributed by atoms with Crippen LogP contribution in [0.1, 0.15) is 18.7 Å². The quantitative estimate of drug-likeness (QED) is 0.718. The van der Waals surface area contributed by atoms with Crippen LogP contribution in [0.3, 0.4) is 0 Å². The van der Waals surface area contributed by atoms with Gasteiger partial charge in [-0.1, -0.05) is 6.07 Å². The summed E-state index contributed by atoms with van der Waals surface area (Å²) < 4.78 is 1.95. The van der Waals surface area contributed by atoms with Crippen LogP contribution in [0.15, 0.2) is 24.4 Å². The molecule has 1 saturated heterocycles. The molecular formula is C13H19N5O. The molecule has 1 unspecified atom stereocenters. The molecule has 1 fully saturated rings. The molecule has 2 aromatic rings. The Morgan fingerprint density at radius 2 is 2.37 bits per heavy atom. The molecule has 0 aromatic carbocycles. The Kier molecular flexibility index (Phi) is 3.46. The third-order valence-electron chi connectivity index (χ3n) is 3.57. The Labute approximate surface area is 111 Å². The predicted molar refractivity (Wildman–Crippen MR) is 71.7 cm³/mol. The monoisotopic (exact) mass is 261 g/mol. The predicted octanol–water partition coefficient (Wildman–Crippen LogP) is -0.0666. The molecule has 6 heteroatoms. The molecule has 19 heavy (non-hydrogen) atoms. The Morgan fingerprint density at radius 3 is 3.21 bits per heavy atom. The second kappa shape index (κ2) is 5.24. The van der Waals surface area contributed by atoms with Gasteiger partial charge in [-0.05, 0) is 31.5 Å². The lowest BCUT2D eigenvalue weighted by atomic mass is 9.94. The van der Waals surface area contributed by atoms with E-state index in [2.05, 4.69) is 20.8 Å². The summed E-state index contributed by atoms with van der Waals surface area (Å²) >= 11 is 0. The molecule has 0 bridgehead atoms. The van der Waals surface area contributed by atoms with Crippen molar-refractivity contribution < 1.29 is 5.11 Å². The Bertz CT molecular complexity index is 547. The number of fused-ring (bicyclic) bond motifs is 1. The summed E-state index contributed by atoms with van der Waals surface area (Å²) in [5.41, 5.74) is 0.205.